The highest BCUT2D eigenvalue weighted by atomic mass is 35.5. The Balaban J connectivity index is 2.14. The number of benzene rings is 1. The summed E-state index contributed by atoms with van der Waals surface area (Å²) >= 11 is 7.86. The molecule has 0 spiro atoms. The molecule has 0 amide bonds. The second kappa shape index (κ2) is 4.69. The van der Waals surface area contributed by atoms with E-state index in [4.69, 9.17) is 17.3 Å². The van der Waals surface area contributed by atoms with Crippen LogP contribution in [0.2, 0.25) is 5.15 Å². The first-order valence-electron chi connectivity index (χ1n) is 5.58. The molecule has 1 aromatic carbocycles. The van der Waals surface area contributed by atoms with Gasteiger partial charge in [-0.15, -0.1) is 0 Å². The Bertz CT molecular complexity index is 679. The Morgan fingerprint density at radius 3 is 2.83 bits per heavy atom. The summed E-state index contributed by atoms with van der Waals surface area (Å²) in [6.45, 7) is 0. The van der Waals surface area contributed by atoms with E-state index in [1.807, 2.05) is 47.2 Å². The lowest BCUT2D eigenvalue weighted by molar-refractivity contribution is 0.872. The maximum absolute atomic E-state index is 6.23. The first kappa shape index (κ1) is 11.7. The molecule has 0 unspecified atom stereocenters. The van der Waals surface area contributed by atoms with E-state index in [9.17, 15) is 0 Å². The van der Waals surface area contributed by atoms with Crippen molar-refractivity contribution >= 4 is 33.8 Å². The Morgan fingerprint density at radius 1 is 1.22 bits per heavy atom. The molecule has 2 nitrogen and oxygen atoms in total. The zero-order chi connectivity index (χ0) is 12.5. The van der Waals surface area contributed by atoms with Crippen LogP contribution in [0.3, 0.4) is 0 Å². The van der Waals surface area contributed by atoms with Gasteiger partial charge >= 0.3 is 0 Å². The number of thiophene rings is 1. The van der Waals surface area contributed by atoms with Gasteiger partial charge in [0.2, 0.25) is 0 Å². The monoisotopic (exact) mass is 274 g/mol. The van der Waals surface area contributed by atoms with Crippen LogP contribution in [0, 0.1) is 0 Å². The SMILES string of the molecule is N[C@@H](c1ccsc1)c1cc2ccccc2nc1Cl. The van der Waals surface area contributed by atoms with E-state index in [1.54, 1.807) is 11.3 Å². The second-order valence-electron chi connectivity index (χ2n) is 4.10. The highest BCUT2D eigenvalue weighted by molar-refractivity contribution is 7.08. The molecule has 0 radical (unpaired) electrons. The third-order valence-electron chi connectivity index (χ3n) is 2.94. The molecule has 0 aliphatic heterocycles. The molecule has 1 atom stereocenters. The Labute approximate surface area is 114 Å². The van der Waals surface area contributed by atoms with Crippen LogP contribution in [0.4, 0.5) is 0 Å². The third-order valence-corrected chi connectivity index (χ3v) is 3.95. The maximum Gasteiger partial charge on any atom is 0.134 e. The summed E-state index contributed by atoms with van der Waals surface area (Å²) in [5.41, 5.74) is 9.06. The van der Waals surface area contributed by atoms with Gasteiger partial charge in [0.1, 0.15) is 5.15 Å². The van der Waals surface area contributed by atoms with Crippen LogP contribution in [0.1, 0.15) is 17.2 Å². The number of halogens is 1. The van der Waals surface area contributed by atoms with E-state index in [0.717, 1.165) is 22.0 Å². The van der Waals surface area contributed by atoms with E-state index < -0.39 is 0 Å². The molecule has 90 valence electrons. The molecule has 2 N–H and O–H groups in total. The van der Waals surface area contributed by atoms with Crippen molar-refractivity contribution in [2.75, 3.05) is 0 Å². The predicted octanol–water partition coefficient (Wildman–Crippen LogP) is 4.00. The largest absolute Gasteiger partial charge is 0.320 e. The highest BCUT2D eigenvalue weighted by Crippen LogP contribution is 2.29. The van der Waals surface area contributed by atoms with Crippen molar-refractivity contribution in [1.29, 1.82) is 0 Å². The molecule has 0 aliphatic carbocycles. The predicted molar refractivity (Wildman–Crippen MR) is 77.1 cm³/mol. The van der Waals surface area contributed by atoms with Crippen molar-refractivity contribution in [3.05, 3.63) is 63.4 Å². The van der Waals surface area contributed by atoms with Crippen LogP contribution >= 0.6 is 22.9 Å². The minimum Gasteiger partial charge on any atom is -0.320 e. The first-order valence-corrected chi connectivity index (χ1v) is 6.90. The molecule has 0 saturated carbocycles. The number of rotatable bonds is 2. The van der Waals surface area contributed by atoms with Gasteiger partial charge in [-0.2, -0.15) is 11.3 Å². The Morgan fingerprint density at radius 2 is 2.06 bits per heavy atom. The van der Waals surface area contributed by atoms with Crippen molar-refractivity contribution < 1.29 is 0 Å². The van der Waals surface area contributed by atoms with Gasteiger partial charge in [0, 0.05) is 10.9 Å². The fourth-order valence-corrected chi connectivity index (χ4v) is 2.92. The van der Waals surface area contributed by atoms with Crippen molar-refractivity contribution in [2.45, 2.75) is 6.04 Å². The van der Waals surface area contributed by atoms with Crippen molar-refractivity contribution in [2.24, 2.45) is 5.73 Å². The van der Waals surface area contributed by atoms with Gasteiger partial charge < -0.3 is 5.73 Å². The van der Waals surface area contributed by atoms with Crippen LogP contribution < -0.4 is 5.73 Å². The van der Waals surface area contributed by atoms with E-state index in [1.165, 1.54) is 0 Å². The van der Waals surface area contributed by atoms with Gasteiger partial charge in [-0.25, -0.2) is 4.98 Å². The van der Waals surface area contributed by atoms with Gasteiger partial charge in [-0.3, -0.25) is 0 Å². The summed E-state index contributed by atoms with van der Waals surface area (Å²) in [6, 6.07) is 11.7. The molecule has 3 rings (SSSR count). The smallest absolute Gasteiger partial charge is 0.134 e. The van der Waals surface area contributed by atoms with Gasteiger partial charge in [-0.1, -0.05) is 29.8 Å². The number of fused-ring (bicyclic) bond motifs is 1. The van der Waals surface area contributed by atoms with E-state index in [2.05, 4.69) is 4.98 Å². The number of aromatic nitrogens is 1. The molecule has 4 heteroatoms. The second-order valence-corrected chi connectivity index (χ2v) is 5.23. The normalized spacial score (nSPS) is 12.8. The van der Waals surface area contributed by atoms with Crippen LogP contribution in [0.5, 0.6) is 0 Å². The number of hydrogen-bond donors (Lipinski definition) is 1. The van der Waals surface area contributed by atoms with Crippen LogP contribution in [0.25, 0.3) is 10.9 Å². The molecule has 3 aromatic rings. The third kappa shape index (κ3) is 2.01. The zero-order valence-electron chi connectivity index (χ0n) is 9.51. The lowest BCUT2D eigenvalue weighted by Crippen LogP contribution is -2.12. The summed E-state index contributed by atoms with van der Waals surface area (Å²) in [7, 11) is 0. The highest BCUT2D eigenvalue weighted by Gasteiger charge is 2.14. The summed E-state index contributed by atoms with van der Waals surface area (Å²) in [4.78, 5) is 4.40. The summed E-state index contributed by atoms with van der Waals surface area (Å²) < 4.78 is 0. The van der Waals surface area contributed by atoms with E-state index in [0.29, 0.717) is 5.15 Å². The molecule has 0 saturated heterocycles. The average Bonchev–Trinajstić information content (AvgIpc) is 2.91. The topological polar surface area (TPSA) is 38.9 Å². The van der Waals surface area contributed by atoms with Crippen LogP contribution in [-0.2, 0) is 0 Å². The average molecular weight is 275 g/mol. The maximum atomic E-state index is 6.23. The van der Waals surface area contributed by atoms with Crippen molar-refractivity contribution in [3.8, 4) is 0 Å². The summed E-state index contributed by atoms with van der Waals surface area (Å²) in [5, 5.41) is 5.59. The number of hydrogen-bond acceptors (Lipinski definition) is 3. The molecule has 2 aromatic heterocycles. The standard InChI is InChI=1S/C14H11ClN2S/c15-14-11(13(16)10-5-6-18-8-10)7-9-3-1-2-4-12(9)17-14/h1-8,13H,16H2/t13-/m0/s1. The zero-order valence-corrected chi connectivity index (χ0v) is 11.1. The fraction of sp³-hybridized carbons (Fsp3) is 0.0714. The van der Waals surface area contributed by atoms with Crippen LogP contribution in [0.15, 0.2) is 47.2 Å². The number of nitrogens with two attached hydrogens (primary N) is 1. The first-order chi connectivity index (χ1) is 8.75. The minimum absolute atomic E-state index is 0.221. The number of pyridine rings is 1. The van der Waals surface area contributed by atoms with Gasteiger partial charge in [0.25, 0.3) is 0 Å². The molecule has 0 fully saturated rings. The lowest BCUT2D eigenvalue weighted by Gasteiger charge is -2.12. The minimum atomic E-state index is -0.221. The molecular weight excluding hydrogens is 264 g/mol. The quantitative estimate of drug-likeness (QED) is 0.718. The van der Waals surface area contributed by atoms with Gasteiger partial charge in [0.15, 0.2) is 0 Å². The number of para-hydroxylation sites is 1. The molecular formula is C14H11ClN2S. The van der Waals surface area contributed by atoms with Gasteiger partial charge in [0.05, 0.1) is 11.6 Å². The lowest BCUT2D eigenvalue weighted by atomic mass is 10.0. The fourth-order valence-electron chi connectivity index (χ4n) is 1.96. The Kier molecular flexibility index (Phi) is 3.04. The molecule has 0 bridgehead atoms. The van der Waals surface area contributed by atoms with Crippen LogP contribution in [-0.4, -0.2) is 4.98 Å². The van der Waals surface area contributed by atoms with Crippen molar-refractivity contribution in [1.82, 2.24) is 4.98 Å². The van der Waals surface area contributed by atoms with E-state index >= 15 is 0 Å². The molecule has 2 heterocycles. The molecule has 0 aliphatic rings. The van der Waals surface area contributed by atoms with E-state index in [-0.39, 0.29) is 6.04 Å². The van der Waals surface area contributed by atoms with Gasteiger partial charge in [-0.05, 0) is 34.5 Å². The summed E-state index contributed by atoms with van der Waals surface area (Å²) in [6.07, 6.45) is 0. The summed E-state index contributed by atoms with van der Waals surface area (Å²) in [5.74, 6) is 0. The Hall–Kier alpha value is -1.42. The number of nitrogens with zero attached hydrogens (tertiary/aromatic N) is 1. The van der Waals surface area contributed by atoms with Crippen molar-refractivity contribution in [3.63, 3.8) is 0 Å². The molecule has 18 heavy (non-hydrogen) atoms.